The summed E-state index contributed by atoms with van der Waals surface area (Å²) in [6, 6.07) is 15.5. The van der Waals surface area contributed by atoms with Crippen LogP contribution >= 0.6 is 0 Å². The Morgan fingerprint density at radius 2 is 1.81 bits per heavy atom. The number of likely N-dealkylation sites (N-methyl/N-ethyl adjacent to an activating group) is 1. The van der Waals surface area contributed by atoms with Crippen molar-refractivity contribution in [2.75, 3.05) is 11.9 Å². The molecule has 1 aliphatic rings. The van der Waals surface area contributed by atoms with Crippen LogP contribution in [0.2, 0.25) is 0 Å². The van der Waals surface area contributed by atoms with E-state index < -0.39 is 23.4 Å². The zero-order valence-corrected chi connectivity index (χ0v) is 13.9. The van der Waals surface area contributed by atoms with E-state index in [9.17, 15) is 14.4 Å². The Balaban J connectivity index is 1.80. The molecule has 1 atom stereocenters. The van der Waals surface area contributed by atoms with E-state index in [0.717, 1.165) is 10.9 Å². The van der Waals surface area contributed by atoms with E-state index in [4.69, 9.17) is 10.5 Å². The highest BCUT2D eigenvalue weighted by Crippen LogP contribution is 2.42. The Kier molecular flexibility index (Phi) is 3.33. The maximum atomic E-state index is 12.8. The molecule has 7 heteroatoms. The van der Waals surface area contributed by atoms with Crippen LogP contribution in [0.25, 0.3) is 10.9 Å². The number of aromatic amines is 1. The number of primary amides is 1. The van der Waals surface area contributed by atoms with Crippen LogP contribution in [0.3, 0.4) is 0 Å². The maximum Gasteiger partial charge on any atom is 0.356 e. The smallest absolute Gasteiger partial charge is 0.356 e. The van der Waals surface area contributed by atoms with Crippen LogP contribution in [0.1, 0.15) is 16.1 Å². The summed E-state index contributed by atoms with van der Waals surface area (Å²) < 4.78 is 5.45. The third-order valence-electron chi connectivity index (χ3n) is 4.59. The molecule has 1 unspecified atom stereocenters. The number of nitrogens with zero attached hydrogens (tertiary/aromatic N) is 1. The highest BCUT2D eigenvalue weighted by molar-refractivity contribution is 6.21. The third kappa shape index (κ3) is 2.03. The lowest BCUT2D eigenvalue weighted by molar-refractivity contribution is -0.150. The number of hydrogen-bond donors (Lipinski definition) is 2. The van der Waals surface area contributed by atoms with Crippen molar-refractivity contribution in [2.24, 2.45) is 5.73 Å². The quantitative estimate of drug-likeness (QED) is 0.554. The summed E-state index contributed by atoms with van der Waals surface area (Å²) in [6.45, 7) is 0. The molecule has 1 aliphatic heterocycles. The first-order chi connectivity index (χ1) is 12.4. The van der Waals surface area contributed by atoms with Crippen LogP contribution in [0.4, 0.5) is 5.69 Å². The summed E-state index contributed by atoms with van der Waals surface area (Å²) in [4.78, 5) is 42.0. The second-order valence-electron chi connectivity index (χ2n) is 6.09. The van der Waals surface area contributed by atoms with Gasteiger partial charge in [-0.3, -0.25) is 9.59 Å². The van der Waals surface area contributed by atoms with Gasteiger partial charge < -0.3 is 20.4 Å². The second-order valence-corrected chi connectivity index (χ2v) is 6.09. The number of amides is 2. The topological polar surface area (TPSA) is 105 Å². The minimum atomic E-state index is -2.18. The molecule has 3 aromatic rings. The van der Waals surface area contributed by atoms with Crippen LogP contribution in [0, 0.1) is 0 Å². The van der Waals surface area contributed by atoms with Gasteiger partial charge in [-0.15, -0.1) is 0 Å². The van der Waals surface area contributed by atoms with Crippen molar-refractivity contribution >= 4 is 34.4 Å². The molecular weight excluding hydrogens is 334 g/mol. The molecule has 0 saturated carbocycles. The predicted molar refractivity (Wildman–Crippen MR) is 94.4 cm³/mol. The first-order valence-corrected chi connectivity index (χ1v) is 7.94. The van der Waals surface area contributed by atoms with Crippen molar-refractivity contribution in [2.45, 2.75) is 5.60 Å². The van der Waals surface area contributed by atoms with Crippen LogP contribution in [-0.2, 0) is 19.9 Å². The number of carbonyl (C=O) groups is 3. The first kappa shape index (κ1) is 15.9. The largest absolute Gasteiger partial charge is 0.429 e. The molecule has 3 N–H and O–H groups in total. The Labute approximate surface area is 148 Å². The van der Waals surface area contributed by atoms with Gasteiger partial charge in [-0.05, 0) is 18.2 Å². The van der Waals surface area contributed by atoms with Gasteiger partial charge in [0.25, 0.3) is 17.4 Å². The Morgan fingerprint density at radius 1 is 1.12 bits per heavy atom. The number of benzene rings is 2. The Morgan fingerprint density at radius 3 is 2.54 bits per heavy atom. The van der Waals surface area contributed by atoms with Crippen molar-refractivity contribution in [3.63, 3.8) is 0 Å². The third-order valence-corrected chi connectivity index (χ3v) is 4.59. The van der Waals surface area contributed by atoms with E-state index in [1.807, 2.05) is 18.2 Å². The predicted octanol–water partition coefficient (Wildman–Crippen LogP) is 1.68. The SMILES string of the molecule is CN1C(=O)C(OC(=O)c2cc3ccccc3[nH]2)(C(N)=O)c2ccccc21. The molecular formula is C19H15N3O4. The zero-order valence-electron chi connectivity index (χ0n) is 13.9. The molecule has 4 rings (SSSR count). The number of nitrogens with one attached hydrogen (secondary N) is 1. The molecule has 130 valence electrons. The Bertz CT molecular complexity index is 1040. The number of esters is 1. The minimum absolute atomic E-state index is 0.131. The van der Waals surface area contributed by atoms with Crippen molar-refractivity contribution in [3.05, 3.63) is 65.9 Å². The van der Waals surface area contributed by atoms with Gasteiger partial charge in [0, 0.05) is 23.5 Å². The highest BCUT2D eigenvalue weighted by atomic mass is 16.6. The lowest BCUT2D eigenvalue weighted by atomic mass is 9.94. The van der Waals surface area contributed by atoms with Crippen molar-refractivity contribution < 1.29 is 19.1 Å². The summed E-state index contributed by atoms with van der Waals surface area (Å²) >= 11 is 0. The highest BCUT2D eigenvalue weighted by Gasteiger charge is 2.58. The van der Waals surface area contributed by atoms with Gasteiger partial charge >= 0.3 is 5.97 Å². The first-order valence-electron chi connectivity index (χ1n) is 7.94. The van der Waals surface area contributed by atoms with Gasteiger partial charge in [0.05, 0.1) is 5.69 Å². The van der Waals surface area contributed by atoms with Gasteiger partial charge in [-0.25, -0.2) is 4.79 Å². The number of nitrogens with two attached hydrogens (primary N) is 1. The van der Waals surface area contributed by atoms with Gasteiger partial charge in [-0.2, -0.15) is 0 Å². The van der Waals surface area contributed by atoms with E-state index in [0.29, 0.717) is 5.69 Å². The number of ether oxygens (including phenoxy) is 1. The summed E-state index contributed by atoms with van der Waals surface area (Å²) in [6.07, 6.45) is 0. The zero-order chi connectivity index (χ0) is 18.5. The van der Waals surface area contributed by atoms with Crippen LogP contribution in [0.15, 0.2) is 54.6 Å². The molecule has 2 heterocycles. The summed E-state index contributed by atoms with van der Waals surface area (Å²) in [5.41, 5.74) is 4.94. The normalized spacial score (nSPS) is 18.8. The van der Waals surface area contributed by atoms with Gasteiger partial charge in [-0.1, -0.05) is 36.4 Å². The molecule has 2 amide bonds. The molecule has 2 aromatic carbocycles. The molecule has 0 spiro atoms. The second kappa shape index (κ2) is 5.45. The maximum absolute atomic E-state index is 12.8. The molecule has 0 fully saturated rings. The number of rotatable bonds is 3. The van der Waals surface area contributed by atoms with E-state index in [1.54, 1.807) is 36.4 Å². The molecule has 0 radical (unpaired) electrons. The molecule has 26 heavy (non-hydrogen) atoms. The minimum Gasteiger partial charge on any atom is -0.429 e. The fourth-order valence-electron chi connectivity index (χ4n) is 3.29. The number of H-pyrrole nitrogens is 1. The van der Waals surface area contributed by atoms with Crippen molar-refractivity contribution in [1.82, 2.24) is 4.98 Å². The van der Waals surface area contributed by atoms with E-state index in [-0.39, 0.29) is 11.3 Å². The lowest BCUT2D eigenvalue weighted by Crippen LogP contribution is -2.52. The molecule has 1 aromatic heterocycles. The summed E-state index contributed by atoms with van der Waals surface area (Å²) in [7, 11) is 1.50. The number of para-hydroxylation sites is 2. The standard InChI is InChI=1S/C19H15N3O4/c1-22-15-9-5-3-7-12(15)19(17(20)24,18(22)25)26-16(23)14-10-11-6-2-4-8-13(11)21-14/h2-10,21H,1H3,(H2,20,24). The summed E-state index contributed by atoms with van der Waals surface area (Å²) in [5, 5.41) is 0.808. The monoisotopic (exact) mass is 349 g/mol. The van der Waals surface area contributed by atoms with Crippen LogP contribution < -0.4 is 10.6 Å². The molecule has 7 nitrogen and oxygen atoms in total. The molecule has 0 saturated heterocycles. The van der Waals surface area contributed by atoms with Gasteiger partial charge in [0.1, 0.15) is 5.69 Å². The number of anilines is 1. The van der Waals surface area contributed by atoms with Crippen LogP contribution in [0.5, 0.6) is 0 Å². The number of aromatic nitrogens is 1. The van der Waals surface area contributed by atoms with E-state index in [2.05, 4.69) is 4.98 Å². The fraction of sp³-hybridized carbons (Fsp3) is 0.105. The van der Waals surface area contributed by atoms with Gasteiger partial charge in [0.15, 0.2) is 0 Å². The van der Waals surface area contributed by atoms with Gasteiger partial charge in [0.2, 0.25) is 0 Å². The van der Waals surface area contributed by atoms with E-state index in [1.165, 1.54) is 11.9 Å². The number of hydrogen-bond acceptors (Lipinski definition) is 4. The number of fused-ring (bicyclic) bond motifs is 2. The summed E-state index contributed by atoms with van der Waals surface area (Å²) in [5.74, 6) is -2.57. The average Bonchev–Trinajstić information content (AvgIpc) is 3.16. The fourth-order valence-corrected chi connectivity index (χ4v) is 3.29. The van der Waals surface area contributed by atoms with Crippen LogP contribution in [-0.4, -0.2) is 29.8 Å². The lowest BCUT2D eigenvalue weighted by Gasteiger charge is -2.24. The molecule has 0 aliphatic carbocycles. The van der Waals surface area contributed by atoms with Crippen molar-refractivity contribution in [3.8, 4) is 0 Å². The number of carbonyl (C=O) groups excluding carboxylic acids is 3. The Hall–Kier alpha value is -3.61. The van der Waals surface area contributed by atoms with Crippen molar-refractivity contribution in [1.29, 1.82) is 0 Å². The average molecular weight is 349 g/mol. The van der Waals surface area contributed by atoms with E-state index >= 15 is 0 Å². The molecule has 0 bridgehead atoms.